The molecule has 3 rings (SSSR count). The van der Waals surface area contributed by atoms with Gasteiger partial charge in [-0.1, -0.05) is 12.2 Å². The molecule has 0 radical (unpaired) electrons. The Kier molecular flexibility index (Phi) is 3.88. The zero-order valence-electron chi connectivity index (χ0n) is 12.0. The Labute approximate surface area is 129 Å². The quantitative estimate of drug-likeness (QED) is 0.879. The maximum Gasteiger partial charge on any atom is 0.229 e. The number of thiocarbonyl (C=S) groups is 1. The van der Waals surface area contributed by atoms with E-state index in [2.05, 4.69) is 10.1 Å². The maximum absolute atomic E-state index is 5.86. The summed E-state index contributed by atoms with van der Waals surface area (Å²) in [6, 6.07) is 2.03. The number of fused-ring (bicyclic) bond motifs is 1. The number of nitrogens with zero attached hydrogens (tertiary/aromatic N) is 3. The van der Waals surface area contributed by atoms with Crippen molar-refractivity contribution in [1.82, 2.24) is 14.8 Å². The van der Waals surface area contributed by atoms with Gasteiger partial charge in [-0.05, 0) is 44.2 Å². The Bertz CT molecular complexity index is 680. The lowest BCUT2D eigenvalue weighted by atomic mass is 9.95. The van der Waals surface area contributed by atoms with E-state index < -0.39 is 0 Å². The molecule has 1 aliphatic rings. The van der Waals surface area contributed by atoms with Gasteiger partial charge in [-0.15, -0.1) is 0 Å². The number of nitrogens with two attached hydrogens (primary N) is 1. The van der Waals surface area contributed by atoms with Crippen molar-refractivity contribution in [1.29, 1.82) is 0 Å². The highest BCUT2D eigenvalue weighted by molar-refractivity contribution is 7.80. The number of hydrogen-bond acceptors (Lipinski definition) is 4. The van der Waals surface area contributed by atoms with Crippen LogP contribution in [0.3, 0.4) is 0 Å². The molecule has 0 fully saturated rings. The van der Waals surface area contributed by atoms with Crippen LogP contribution in [0.4, 0.5) is 0 Å². The van der Waals surface area contributed by atoms with Crippen molar-refractivity contribution in [3.63, 3.8) is 0 Å². The van der Waals surface area contributed by atoms with Crippen LogP contribution in [-0.4, -0.2) is 19.8 Å². The smallest absolute Gasteiger partial charge is 0.229 e. The maximum atomic E-state index is 5.86. The minimum atomic E-state index is 0.314. The molecule has 0 atom stereocenters. The molecule has 110 valence electrons. The van der Waals surface area contributed by atoms with Gasteiger partial charge in [0.15, 0.2) is 5.75 Å². The highest BCUT2D eigenvalue weighted by atomic mass is 32.1. The third-order valence-electron chi connectivity index (χ3n) is 3.68. The van der Waals surface area contributed by atoms with Crippen LogP contribution < -0.4 is 10.5 Å². The van der Waals surface area contributed by atoms with Crippen molar-refractivity contribution in [2.45, 2.75) is 39.2 Å². The molecule has 0 unspecified atom stereocenters. The summed E-state index contributed by atoms with van der Waals surface area (Å²) in [5.41, 5.74) is 8.86. The Morgan fingerprint density at radius 2 is 2.24 bits per heavy atom. The molecule has 0 amide bonds. The molecule has 0 aromatic carbocycles. The molecule has 2 N–H and O–H groups in total. The van der Waals surface area contributed by atoms with Crippen LogP contribution in [0, 0.1) is 0 Å². The average molecular weight is 302 g/mol. The van der Waals surface area contributed by atoms with Crippen LogP contribution in [-0.2, 0) is 19.4 Å². The lowest BCUT2D eigenvalue weighted by Gasteiger charge is -2.18. The molecular formula is C15H18N4OS. The second kappa shape index (κ2) is 5.81. The first-order chi connectivity index (χ1) is 10.2. The molecule has 0 bridgehead atoms. The molecular weight excluding hydrogens is 284 g/mol. The van der Waals surface area contributed by atoms with E-state index >= 15 is 0 Å². The number of ether oxygens (including phenoxy) is 1. The van der Waals surface area contributed by atoms with E-state index in [1.54, 1.807) is 10.9 Å². The van der Waals surface area contributed by atoms with Crippen LogP contribution in [0.25, 0.3) is 0 Å². The summed E-state index contributed by atoms with van der Waals surface area (Å²) in [6.07, 6.45) is 7.89. The van der Waals surface area contributed by atoms with Crippen molar-refractivity contribution < 1.29 is 4.74 Å². The van der Waals surface area contributed by atoms with Gasteiger partial charge in [-0.2, -0.15) is 5.10 Å². The SMILES string of the molecule is CCn1cc(Oc2nc3c(cc2C(N)=S)CCCC3)cn1. The van der Waals surface area contributed by atoms with Gasteiger partial charge in [0.25, 0.3) is 0 Å². The minimum absolute atomic E-state index is 0.314. The van der Waals surface area contributed by atoms with Crippen molar-refractivity contribution in [2.75, 3.05) is 0 Å². The fourth-order valence-corrected chi connectivity index (χ4v) is 2.70. The second-order valence-electron chi connectivity index (χ2n) is 5.15. The van der Waals surface area contributed by atoms with Crippen LogP contribution in [0.5, 0.6) is 11.6 Å². The van der Waals surface area contributed by atoms with Gasteiger partial charge in [0.2, 0.25) is 5.88 Å². The minimum Gasteiger partial charge on any atom is -0.435 e. The summed E-state index contributed by atoms with van der Waals surface area (Å²) in [5, 5.41) is 4.19. The number of aryl methyl sites for hydroxylation is 3. The third kappa shape index (κ3) is 2.90. The van der Waals surface area contributed by atoms with Crippen LogP contribution in [0.2, 0.25) is 0 Å². The molecule has 0 saturated carbocycles. The predicted octanol–water partition coefficient (Wildman–Crippen LogP) is 2.60. The number of hydrogen-bond donors (Lipinski definition) is 1. The summed E-state index contributed by atoms with van der Waals surface area (Å²) >= 11 is 5.14. The van der Waals surface area contributed by atoms with Gasteiger partial charge in [0.1, 0.15) is 4.99 Å². The van der Waals surface area contributed by atoms with E-state index in [0.717, 1.165) is 25.1 Å². The van der Waals surface area contributed by atoms with Gasteiger partial charge in [0.05, 0.1) is 18.0 Å². The number of rotatable bonds is 4. The molecule has 1 aliphatic carbocycles. The highest BCUT2D eigenvalue weighted by Gasteiger charge is 2.18. The highest BCUT2D eigenvalue weighted by Crippen LogP contribution is 2.29. The molecule has 0 saturated heterocycles. The van der Waals surface area contributed by atoms with Crippen LogP contribution in [0.1, 0.15) is 36.6 Å². The zero-order valence-corrected chi connectivity index (χ0v) is 12.8. The lowest BCUT2D eigenvalue weighted by Crippen LogP contribution is -2.15. The van der Waals surface area contributed by atoms with Gasteiger partial charge in [-0.25, -0.2) is 4.98 Å². The molecule has 2 heterocycles. The van der Waals surface area contributed by atoms with Crippen molar-refractivity contribution in [2.24, 2.45) is 5.73 Å². The monoisotopic (exact) mass is 302 g/mol. The van der Waals surface area contributed by atoms with Crippen LogP contribution >= 0.6 is 12.2 Å². The van der Waals surface area contributed by atoms with Crippen molar-refractivity contribution >= 4 is 17.2 Å². The van der Waals surface area contributed by atoms with Crippen molar-refractivity contribution in [3.8, 4) is 11.6 Å². The molecule has 5 nitrogen and oxygen atoms in total. The van der Waals surface area contributed by atoms with Gasteiger partial charge >= 0.3 is 0 Å². The molecule has 2 aromatic rings. The summed E-state index contributed by atoms with van der Waals surface area (Å²) in [5.74, 6) is 1.14. The van der Waals surface area contributed by atoms with Crippen LogP contribution in [0.15, 0.2) is 18.5 Å². The summed E-state index contributed by atoms with van der Waals surface area (Å²) < 4.78 is 7.66. The zero-order chi connectivity index (χ0) is 14.8. The van der Waals surface area contributed by atoms with E-state index in [9.17, 15) is 0 Å². The summed E-state index contributed by atoms with van der Waals surface area (Å²) in [4.78, 5) is 4.95. The standard InChI is InChI=1S/C15H18N4OS/c1-2-19-9-11(8-17-19)20-15-12(14(16)21)7-10-5-3-4-6-13(10)18-15/h7-9H,2-6H2,1H3,(H2,16,21). The number of aromatic nitrogens is 3. The van der Waals surface area contributed by atoms with E-state index in [0.29, 0.717) is 22.2 Å². The van der Waals surface area contributed by atoms with Gasteiger partial charge < -0.3 is 10.5 Å². The van der Waals surface area contributed by atoms with E-state index in [1.807, 2.05) is 19.2 Å². The van der Waals surface area contributed by atoms with Gasteiger partial charge in [-0.3, -0.25) is 4.68 Å². The Balaban J connectivity index is 1.97. The Morgan fingerprint density at radius 3 is 2.95 bits per heavy atom. The topological polar surface area (TPSA) is 66.0 Å². The second-order valence-corrected chi connectivity index (χ2v) is 5.59. The fourth-order valence-electron chi connectivity index (χ4n) is 2.55. The fraction of sp³-hybridized carbons (Fsp3) is 0.400. The molecule has 0 aliphatic heterocycles. The van der Waals surface area contributed by atoms with E-state index in [4.69, 9.17) is 22.7 Å². The van der Waals surface area contributed by atoms with E-state index in [-0.39, 0.29) is 0 Å². The summed E-state index contributed by atoms with van der Waals surface area (Å²) in [7, 11) is 0. The lowest BCUT2D eigenvalue weighted by molar-refractivity contribution is 0.456. The normalized spacial score (nSPS) is 13.8. The largest absolute Gasteiger partial charge is 0.435 e. The molecule has 0 spiro atoms. The first-order valence-electron chi connectivity index (χ1n) is 7.20. The summed E-state index contributed by atoms with van der Waals surface area (Å²) in [6.45, 7) is 2.82. The third-order valence-corrected chi connectivity index (χ3v) is 3.90. The molecule has 21 heavy (non-hydrogen) atoms. The first-order valence-corrected chi connectivity index (χ1v) is 7.61. The Hall–Kier alpha value is -1.95. The number of pyridine rings is 1. The molecule has 6 heteroatoms. The molecule has 2 aromatic heterocycles. The predicted molar refractivity (Wildman–Crippen MR) is 84.7 cm³/mol. The van der Waals surface area contributed by atoms with Crippen molar-refractivity contribution in [3.05, 3.63) is 35.3 Å². The average Bonchev–Trinajstić information content (AvgIpc) is 2.94. The Morgan fingerprint density at radius 1 is 1.43 bits per heavy atom. The van der Waals surface area contributed by atoms with Gasteiger partial charge in [0, 0.05) is 12.2 Å². The first kappa shape index (κ1) is 14.0. The van der Waals surface area contributed by atoms with E-state index in [1.165, 1.54) is 18.4 Å².